The second kappa shape index (κ2) is 10.7. The Labute approximate surface area is 212 Å². The molecule has 0 saturated carbocycles. The summed E-state index contributed by atoms with van der Waals surface area (Å²) in [4.78, 5) is 4.24. The topological polar surface area (TPSA) is 76.4 Å². The number of hydrazone groups is 1. The molecule has 3 aromatic carbocycles. The maximum Gasteiger partial charge on any atom is 0.573 e. The summed E-state index contributed by atoms with van der Waals surface area (Å²) in [5.74, 6) is -0.458. The molecule has 0 unspecified atom stereocenters. The minimum Gasteiger partial charge on any atom is -0.406 e. The van der Waals surface area contributed by atoms with Crippen molar-refractivity contribution in [2.24, 2.45) is 5.10 Å². The summed E-state index contributed by atoms with van der Waals surface area (Å²) in [6, 6.07) is 16.6. The molecule has 4 aromatic rings. The molecule has 0 spiro atoms. The normalized spacial score (nSPS) is 11.5. The summed E-state index contributed by atoms with van der Waals surface area (Å²) in [6.07, 6.45) is -1.80. The number of nitrogens with one attached hydrogen (secondary N) is 2. The summed E-state index contributed by atoms with van der Waals surface area (Å²) in [6.45, 7) is 0. The lowest BCUT2D eigenvalue weighted by molar-refractivity contribution is -0.274. The van der Waals surface area contributed by atoms with Gasteiger partial charge in [-0.2, -0.15) is 5.10 Å². The van der Waals surface area contributed by atoms with E-state index in [1.807, 2.05) is 0 Å². The highest BCUT2D eigenvalue weighted by molar-refractivity contribution is 7.80. The van der Waals surface area contributed by atoms with E-state index in [0.717, 1.165) is 5.56 Å². The molecule has 0 aliphatic carbocycles. The smallest absolute Gasteiger partial charge is 0.406 e. The van der Waals surface area contributed by atoms with Crippen molar-refractivity contribution in [1.82, 2.24) is 20.2 Å². The van der Waals surface area contributed by atoms with Crippen LogP contribution in [0.4, 0.5) is 23.2 Å². The number of anilines is 1. The van der Waals surface area contributed by atoms with Crippen molar-refractivity contribution in [3.63, 3.8) is 0 Å². The van der Waals surface area contributed by atoms with Crippen LogP contribution in [0.25, 0.3) is 17.1 Å². The lowest BCUT2D eigenvalue weighted by Gasteiger charge is -2.09. The number of para-hydroxylation sites is 1. The highest BCUT2D eigenvalue weighted by atomic mass is 35.5. The van der Waals surface area contributed by atoms with Gasteiger partial charge in [0.25, 0.3) is 0 Å². The van der Waals surface area contributed by atoms with E-state index in [2.05, 4.69) is 30.7 Å². The molecule has 0 aliphatic rings. The number of aromatic nitrogens is 3. The maximum atomic E-state index is 13.8. The third kappa shape index (κ3) is 6.55. The van der Waals surface area contributed by atoms with Gasteiger partial charge in [0.05, 0.1) is 22.6 Å². The van der Waals surface area contributed by atoms with E-state index >= 15 is 0 Å². The molecule has 7 nitrogen and oxygen atoms in total. The molecular weight excluding hydrogens is 520 g/mol. The van der Waals surface area contributed by atoms with Crippen LogP contribution in [-0.2, 0) is 0 Å². The van der Waals surface area contributed by atoms with Crippen LogP contribution in [0, 0.1) is 5.82 Å². The highest BCUT2D eigenvalue weighted by Crippen LogP contribution is 2.25. The Bertz CT molecular complexity index is 1370. The van der Waals surface area contributed by atoms with Crippen LogP contribution < -0.4 is 15.5 Å². The number of nitrogens with zero attached hydrogens (tertiary/aromatic N) is 4. The fourth-order valence-electron chi connectivity index (χ4n) is 2.96. The number of halogens is 5. The summed E-state index contributed by atoms with van der Waals surface area (Å²) in [5, 5.41) is 11.3. The van der Waals surface area contributed by atoms with Gasteiger partial charge >= 0.3 is 6.36 Å². The first-order valence-corrected chi connectivity index (χ1v) is 10.9. The summed E-state index contributed by atoms with van der Waals surface area (Å²) in [7, 11) is 0. The second-order valence-corrected chi connectivity index (χ2v) is 7.91. The first-order chi connectivity index (χ1) is 17.2. The molecule has 1 heterocycles. The monoisotopic (exact) mass is 534 g/mol. The first-order valence-electron chi connectivity index (χ1n) is 10.1. The SMILES string of the molecule is Fc1cccc(Cl)c1NC(=S)N/N=C/c1ccc(-c2ncn(-c3ccc(OC(F)(F)F)cc3)n2)cc1. The van der Waals surface area contributed by atoms with Crippen LogP contribution in [0.15, 0.2) is 78.2 Å². The summed E-state index contributed by atoms with van der Waals surface area (Å²) >= 11 is 11.0. The zero-order valence-electron chi connectivity index (χ0n) is 18.0. The quantitative estimate of drug-likeness (QED) is 0.138. The third-order valence-corrected chi connectivity index (χ3v) is 5.08. The molecule has 0 aliphatic heterocycles. The van der Waals surface area contributed by atoms with Gasteiger partial charge in [-0.3, -0.25) is 5.43 Å². The molecule has 0 amide bonds. The summed E-state index contributed by atoms with van der Waals surface area (Å²) in [5.41, 5.74) is 4.59. The maximum absolute atomic E-state index is 13.8. The van der Waals surface area contributed by atoms with Gasteiger partial charge in [-0.05, 0) is 54.2 Å². The van der Waals surface area contributed by atoms with Crippen LogP contribution in [-0.4, -0.2) is 32.5 Å². The van der Waals surface area contributed by atoms with Crippen LogP contribution in [0.2, 0.25) is 5.02 Å². The van der Waals surface area contributed by atoms with Gasteiger partial charge in [-0.1, -0.05) is 41.9 Å². The molecule has 2 N–H and O–H groups in total. The predicted molar refractivity (Wildman–Crippen MR) is 132 cm³/mol. The third-order valence-electron chi connectivity index (χ3n) is 4.58. The van der Waals surface area contributed by atoms with Crippen molar-refractivity contribution in [3.8, 4) is 22.8 Å². The predicted octanol–water partition coefficient (Wildman–Crippen LogP) is 5.95. The molecule has 184 valence electrons. The fourth-order valence-corrected chi connectivity index (χ4v) is 3.33. The lowest BCUT2D eigenvalue weighted by Crippen LogP contribution is -2.24. The van der Waals surface area contributed by atoms with Gasteiger partial charge in [0.2, 0.25) is 0 Å². The minimum absolute atomic E-state index is 0.0498. The average molecular weight is 535 g/mol. The fraction of sp³-hybridized carbons (Fsp3) is 0.0435. The largest absolute Gasteiger partial charge is 0.573 e. The minimum atomic E-state index is -4.76. The van der Waals surface area contributed by atoms with Crippen molar-refractivity contribution < 1.29 is 22.3 Å². The standard InChI is InChI=1S/C23H15ClF4N6OS/c24-18-2-1-3-19(25)20(18)31-22(36)32-30-12-14-4-6-15(7-5-14)21-29-13-34(33-21)16-8-10-17(11-9-16)35-23(26,27)28/h1-13H,(H2,31,32,36)/b30-12+. The van der Waals surface area contributed by atoms with Crippen molar-refractivity contribution in [3.05, 3.63) is 89.5 Å². The average Bonchev–Trinajstić information content (AvgIpc) is 3.32. The number of ether oxygens (including phenoxy) is 1. The highest BCUT2D eigenvalue weighted by Gasteiger charge is 2.31. The Kier molecular flexibility index (Phi) is 7.46. The molecule has 36 heavy (non-hydrogen) atoms. The van der Waals surface area contributed by atoms with E-state index in [9.17, 15) is 17.6 Å². The van der Waals surface area contributed by atoms with Crippen LogP contribution in [0.5, 0.6) is 5.75 Å². The van der Waals surface area contributed by atoms with Crippen molar-refractivity contribution in [2.45, 2.75) is 6.36 Å². The van der Waals surface area contributed by atoms with E-state index in [0.29, 0.717) is 17.1 Å². The number of hydrogen-bond acceptors (Lipinski definition) is 5. The van der Waals surface area contributed by atoms with Crippen molar-refractivity contribution >= 4 is 40.8 Å². The molecule has 0 saturated heterocycles. The Morgan fingerprint density at radius 3 is 2.44 bits per heavy atom. The summed E-state index contributed by atoms with van der Waals surface area (Å²) < 4.78 is 56.0. The Balaban J connectivity index is 1.36. The van der Waals surface area contributed by atoms with E-state index in [1.165, 1.54) is 59.7 Å². The van der Waals surface area contributed by atoms with Gasteiger partial charge in [0.15, 0.2) is 10.9 Å². The molecule has 0 radical (unpaired) electrons. The first kappa shape index (κ1) is 25.1. The molecule has 0 atom stereocenters. The van der Waals surface area contributed by atoms with E-state index in [4.69, 9.17) is 23.8 Å². The zero-order chi connectivity index (χ0) is 25.7. The number of thiocarbonyl (C=S) groups is 1. The number of rotatable bonds is 6. The van der Waals surface area contributed by atoms with Gasteiger partial charge < -0.3 is 10.1 Å². The van der Waals surface area contributed by atoms with Crippen molar-refractivity contribution in [1.29, 1.82) is 0 Å². The van der Waals surface area contributed by atoms with Crippen molar-refractivity contribution in [2.75, 3.05) is 5.32 Å². The molecule has 1 aromatic heterocycles. The van der Waals surface area contributed by atoms with E-state index in [-0.39, 0.29) is 21.6 Å². The molecule has 13 heteroatoms. The number of alkyl halides is 3. The van der Waals surface area contributed by atoms with Crippen LogP contribution in [0.1, 0.15) is 5.56 Å². The van der Waals surface area contributed by atoms with Gasteiger partial charge in [0.1, 0.15) is 17.9 Å². The molecule has 0 bridgehead atoms. The van der Waals surface area contributed by atoms with E-state index < -0.39 is 12.2 Å². The molecule has 4 rings (SSSR count). The van der Waals surface area contributed by atoms with E-state index in [1.54, 1.807) is 24.3 Å². The van der Waals surface area contributed by atoms with Gasteiger partial charge in [-0.25, -0.2) is 14.1 Å². The Morgan fingerprint density at radius 1 is 1.06 bits per heavy atom. The zero-order valence-corrected chi connectivity index (χ0v) is 19.6. The molecular formula is C23H15ClF4N6OS. The molecule has 0 fully saturated rings. The van der Waals surface area contributed by atoms with Crippen LogP contribution >= 0.6 is 23.8 Å². The second-order valence-electron chi connectivity index (χ2n) is 7.10. The Morgan fingerprint density at radius 2 is 1.78 bits per heavy atom. The number of hydrogen-bond donors (Lipinski definition) is 2. The van der Waals surface area contributed by atoms with Gasteiger partial charge in [0, 0.05) is 5.56 Å². The number of benzene rings is 3. The Hall–Kier alpha value is -4.03. The lowest BCUT2D eigenvalue weighted by atomic mass is 10.1. The van der Waals surface area contributed by atoms with Crippen LogP contribution in [0.3, 0.4) is 0 Å². The van der Waals surface area contributed by atoms with Gasteiger partial charge in [-0.15, -0.1) is 18.3 Å².